The first-order valence-corrected chi connectivity index (χ1v) is 19.2. The van der Waals surface area contributed by atoms with Gasteiger partial charge in [-0.3, -0.25) is 0 Å². The van der Waals surface area contributed by atoms with Crippen molar-refractivity contribution in [3.63, 3.8) is 0 Å². The molecule has 0 aliphatic heterocycles. The summed E-state index contributed by atoms with van der Waals surface area (Å²) in [6.07, 6.45) is 0. The summed E-state index contributed by atoms with van der Waals surface area (Å²) in [6.45, 7) is 0. The van der Waals surface area contributed by atoms with Gasteiger partial charge < -0.3 is 0 Å². The van der Waals surface area contributed by atoms with E-state index in [4.69, 9.17) is 4.98 Å². The normalized spacial score (nSPS) is 11.2. The molecule has 0 spiro atoms. The lowest BCUT2D eigenvalue weighted by atomic mass is 9.92. The number of fused-ring (bicyclic) bond motifs is 2. The Morgan fingerprint density at radius 1 is 0.232 bits per heavy atom. The van der Waals surface area contributed by atoms with Crippen LogP contribution in [-0.4, -0.2) is 4.98 Å². The van der Waals surface area contributed by atoms with Gasteiger partial charge in [0.1, 0.15) is 0 Å². The highest BCUT2D eigenvalue weighted by Crippen LogP contribution is 2.37. The summed E-state index contributed by atoms with van der Waals surface area (Å²) in [5.41, 5.74) is 17.4. The van der Waals surface area contributed by atoms with Gasteiger partial charge in [0.15, 0.2) is 0 Å². The van der Waals surface area contributed by atoms with Gasteiger partial charge in [0, 0.05) is 10.9 Å². The molecule has 0 unspecified atom stereocenters. The highest BCUT2D eigenvalue weighted by atomic mass is 14.7. The molecule has 10 aromatic rings. The highest BCUT2D eigenvalue weighted by molar-refractivity contribution is 6.00. The van der Waals surface area contributed by atoms with E-state index in [1.54, 1.807) is 0 Å². The minimum absolute atomic E-state index is 0.956. The summed E-state index contributed by atoms with van der Waals surface area (Å²) in [6, 6.07) is 80.8. The zero-order valence-electron chi connectivity index (χ0n) is 30.8. The Labute approximate surface area is 327 Å². The number of pyridine rings is 1. The fourth-order valence-electron chi connectivity index (χ4n) is 8.02. The van der Waals surface area contributed by atoms with E-state index < -0.39 is 0 Å². The standard InChI is InChI=1S/C55H37N/c1-2-14-38(15-3-1)40-18-8-19-41(32-40)42-20-9-21-43(33-42)44-22-10-23-45(34-44)46-24-11-27-49(35-46)55-37-53(52-29-6-7-31-54(52)56-55)48-26-12-25-47(36-48)51-30-13-17-39-16-4-5-28-50(39)51/h1-37H. The van der Waals surface area contributed by atoms with Gasteiger partial charge in [-0.2, -0.15) is 0 Å². The van der Waals surface area contributed by atoms with Crippen molar-refractivity contribution in [2.45, 2.75) is 0 Å². The molecule has 262 valence electrons. The molecule has 1 nitrogen and oxygen atoms in total. The molecule has 0 aliphatic rings. The van der Waals surface area contributed by atoms with Crippen molar-refractivity contribution in [3.8, 4) is 78.0 Å². The largest absolute Gasteiger partial charge is 0.248 e. The fraction of sp³-hybridized carbons (Fsp3) is 0. The summed E-state index contributed by atoms with van der Waals surface area (Å²) in [5, 5.41) is 3.65. The number of nitrogens with zero attached hydrogens (tertiary/aromatic N) is 1. The number of aromatic nitrogens is 1. The molecule has 0 saturated carbocycles. The van der Waals surface area contributed by atoms with Gasteiger partial charge in [-0.1, -0.05) is 182 Å². The Hall–Kier alpha value is -7.35. The van der Waals surface area contributed by atoms with Crippen LogP contribution in [-0.2, 0) is 0 Å². The van der Waals surface area contributed by atoms with Gasteiger partial charge >= 0.3 is 0 Å². The average molecular weight is 712 g/mol. The SMILES string of the molecule is c1ccc(-c2cccc(-c3cccc(-c4cccc(-c5cccc(-c6cc(-c7cccc(-c8cccc9ccccc89)c7)c7ccccc7n6)c5)c4)c3)c2)cc1. The van der Waals surface area contributed by atoms with Crippen LogP contribution in [0.5, 0.6) is 0 Å². The van der Waals surface area contributed by atoms with Gasteiger partial charge in [-0.25, -0.2) is 4.98 Å². The Morgan fingerprint density at radius 2 is 0.625 bits per heavy atom. The first-order valence-electron chi connectivity index (χ1n) is 19.2. The topological polar surface area (TPSA) is 12.9 Å². The third-order valence-electron chi connectivity index (χ3n) is 10.8. The number of hydrogen-bond acceptors (Lipinski definition) is 1. The lowest BCUT2D eigenvalue weighted by Gasteiger charge is -2.13. The van der Waals surface area contributed by atoms with Crippen molar-refractivity contribution in [3.05, 3.63) is 224 Å². The molecule has 0 atom stereocenters. The second-order valence-corrected chi connectivity index (χ2v) is 14.4. The molecule has 0 amide bonds. The summed E-state index contributed by atoms with van der Waals surface area (Å²) in [7, 11) is 0. The number of benzene rings is 9. The Balaban J connectivity index is 0.999. The van der Waals surface area contributed by atoms with Crippen LogP contribution in [0.25, 0.3) is 99.7 Å². The van der Waals surface area contributed by atoms with E-state index in [0.29, 0.717) is 0 Å². The summed E-state index contributed by atoms with van der Waals surface area (Å²) in [4.78, 5) is 5.22. The maximum atomic E-state index is 5.22. The molecular weight excluding hydrogens is 675 g/mol. The number of hydrogen-bond donors (Lipinski definition) is 0. The lowest BCUT2D eigenvalue weighted by Crippen LogP contribution is -1.91. The van der Waals surface area contributed by atoms with Crippen LogP contribution in [0.4, 0.5) is 0 Å². The van der Waals surface area contributed by atoms with Crippen molar-refractivity contribution in [1.29, 1.82) is 0 Å². The minimum Gasteiger partial charge on any atom is -0.248 e. The van der Waals surface area contributed by atoms with Gasteiger partial charge in [-0.05, 0) is 120 Å². The van der Waals surface area contributed by atoms with Crippen LogP contribution < -0.4 is 0 Å². The maximum absolute atomic E-state index is 5.22. The van der Waals surface area contributed by atoms with Crippen LogP contribution in [0.2, 0.25) is 0 Å². The molecule has 0 fully saturated rings. The van der Waals surface area contributed by atoms with Crippen LogP contribution in [0.15, 0.2) is 224 Å². The van der Waals surface area contributed by atoms with Crippen LogP contribution >= 0.6 is 0 Å². The Kier molecular flexibility index (Phi) is 8.59. The van der Waals surface area contributed by atoms with Crippen molar-refractivity contribution >= 4 is 21.7 Å². The molecule has 0 N–H and O–H groups in total. The van der Waals surface area contributed by atoms with E-state index in [9.17, 15) is 0 Å². The summed E-state index contributed by atoms with van der Waals surface area (Å²) < 4.78 is 0. The predicted molar refractivity (Wildman–Crippen MR) is 237 cm³/mol. The molecule has 1 heterocycles. The van der Waals surface area contributed by atoms with Crippen molar-refractivity contribution in [2.75, 3.05) is 0 Å². The molecule has 0 radical (unpaired) electrons. The van der Waals surface area contributed by atoms with Crippen LogP contribution in [0, 0.1) is 0 Å². The van der Waals surface area contributed by atoms with Crippen LogP contribution in [0.1, 0.15) is 0 Å². The molecule has 1 aromatic heterocycles. The molecule has 0 saturated heterocycles. The Morgan fingerprint density at radius 3 is 1.25 bits per heavy atom. The number of para-hydroxylation sites is 1. The molecule has 1 heteroatoms. The molecule has 0 aliphatic carbocycles. The Bertz CT molecular complexity index is 3020. The fourth-order valence-corrected chi connectivity index (χ4v) is 8.02. The molecular formula is C55H37N. The van der Waals surface area contributed by atoms with E-state index >= 15 is 0 Å². The molecule has 9 aromatic carbocycles. The van der Waals surface area contributed by atoms with Gasteiger partial charge in [0.25, 0.3) is 0 Å². The van der Waals surface area contributed by atoms with E-state index in [1.807, 2.05) is 0 Å². The van der Waals surface area contributed by atoms with Crippen LogP contribution in [0.3, 0.4) is 0 Å². The monoisotopic (exact) mass is 711 g/mol. The zero-order valence-corrected chi connectivity index (χ0v) is 30.8. The third-order valence-corrected chi connectivity index (χ3v) is 10.8. The second-order valence-electron chi connectivity index (χ2n) is 14.4. The highest BCUT2D eigenvalue weighted by Gasteiger charge is 2.13. The molecule has 56 heavy (non-hydrogen) atoms. The van der Waals surface area contributed by atoms with E-state index in [0.717, 1.165) is 27.7 Å². The van der Waals surface area contributed by atoms with E-state index in [2.05, 4.69) is 224 Å². The maximum Gasteiger partial charge on any atom is 0.0716 e. The predicted octanol–water partition coefficient (Wildman–Crippen LogP) is 15.1. The molecule has 0 bridgehead atoms. The van der Waals surface area contributed by atoms with E-state index in [1.165, 1.54) is 72.0 Å². The lowest BCUT2D eigenvalue weighted by molar-refractivity contribution is 1.40. The summed E-state index contributed by atoms with van der Waals surface area (Å²) >= 11 is 0. The number of rotatable bonds is 7. The van der Waals surface area contributed by atoms with Gasteiger partial charge in [0.2, 0.25) is 0 Å². The smallest absolute Gasteiger partial charge is 0.0716 e. The van der Waals surface area contributed by atoms with Gasteiger partial charge in [-0.15, -0.1) is 0 Å². The third kappa shape index (κ3) is 6.46. The van der Waals surface area contributed by atoms with Crippen molar-refractivity contribution in [1.82, 2.24) is 4.98 Å². The zero-order chi connectivity index (χ0) is 37.3. The molecule has 10 rings (SSSR count). The van der Waals surface area contributed by atoms with E-state index in [-0.39, 0.29) is 0 Å². The second kappa shape index (κ2) is 14.5. The quantitative estimate of drug-likeness (QED) is 0.160. The summed E-state index contributed by atoms with van der Waals surface area (Å²) in [5.74, 6) is 0. The first kappa shape index (κ1) is 33.2. The average Bonchev–Trinajstić information content (AvgIpc) is 3.29. The van der Waals surface area contributed by atoms with Crippen molar-refractivity contribution in [2.24, 2.45) is 0 Å². The minimum atomic E-state index is 0.956. The van der Waals surface area contributed by atoms with Crippen molar-refractivity contribution < 1.29 is 0 Å². The first-order chi connectivity index (χ1) is 27.7. The van der Waals surface area contributed by atoms with Gasteiger partial charge in [0.05, 0.1) is 11.2 Å².